The largest absolute Gasteiger partial charge is 0.480 e. The number of carboxylic acid groups (broad SMARTS) is 1. The molecule has 1 heterocycles. The second-order valence-corrected chi connectivity index (χ2v) is 3.51. The molecule has 0 bridgehead atoms. The number of aliphatic carboxylic acids is 1. The smallest absolute Gasteiger partial charge is 0.326 e. The summed E-state index contributed by atoms with van der Waals surface area (Å²) in [6.45, 7) is 1.28. The first kappa shape index (κ1) is 13.8. The zero-order valence-electron chi connectivity index (χ0n) is 9.62. The van der Waals surface area contributed by atoms with Crippen LogP contribution in [0.15, 0.2) is 0 Å². The number of tetrazole rings is 1. The van der Waals surface area contributed by atoms with Gasteiger partial charge < -0.3 is 20.8 Å². The van der Waals surface area contributed by atoms with E-state index in [1.54, 1.807) is 6.92 Å². The van der Waals surface area contributed by atoms with Crippen LogP contribution in [0.25, 0.3) is 0 Å². The van der Waals surface area contributed by atoms with Crippen LogP contribution in [0.5, 0.6) is 0 Å². The molecule has 0 saturated carbocycles. The van der Waals surface area contributed by atoms with Crippen molar-refractivity contribution < 1.29 is 19.8 Å². The Morgan fingerprint density at radius 2 is 2.17 bits per heavy atom. The van der Waals surface area contributed by atoms with E-state index in [1.807, 2.05) is 0 Å². The minimum atomic E-state index is -1.22. The van der Waals surface area contributed by atoms with Crippen LogP contribution < -0.4 is 10.6 Å². The number of nitrogens with one attached hydrogen (secondary N) is 3. The van der Waals surface area contributed by atoms with Crippen LogP contribution >= 0.6 is 0 Å². The molecule has 0 saturated heterocycles. The number of hydrogen-bond donors (Lipinski definition) is 5. The number of carbonyl (C=O) groups is 2. The average Bonchev–Trinajstić information content (AvgIpc) is 2.81. The first-order valence-corrected chi connectivity index (χ1v) is 5.18. The number of amides is 2. The third kappa shape index (κ3) is 3.97. The fourth-order valence-corrected chi connectivity index (χ4v) is 1.20. The van der Waals surface area contributed by atoms with Gasteiger partial charge in [-0.25, -0.2) is 9.59 Å². The van der Waals surface area contributed by atoms with Crippen molar-refractivity contribution in [2.24, 2.45) is 0 Å². The summed E-state index contributed by atoms with van der Waals surface area (Å²) >= 11 is 0. The molecule has 0 fully saturated rings. The van der Waals surface area contributed by atoms with E-state index in [4.69, 9.17) is 10.2 Å². The molecule has 18 heavy (non-hydrogen) atoms. The van der Waals surface area contributed by atoms with Gasteiger partial charge in [-0.3, -0.25) is 0 Å². The SMILES string of the molecule is CC(NC(=O)N[C@@H](CCO)C(=O)O)c1nn[nH]n1. The first-order chi connectivity index (χ1) is 8.54. The lowest BCUT2D eigenvalue weighted by Crippen LogP contribution is -2.47. The topological polar surface area (TPSA) is 153 Å². The van der Waals surface area contributed by atoms with Crippen LogP contribution in [0.4, 0.5) is 4.79 Å². The summed E-state index contributed by atoms with van der Waals surface area (Å²) in [5.41, 5.74) is 0. The Balaban J connectivity index is 2.47. The Morgan fingerprint density at radius 3 is 2.67 bits per heavy atom. The summed E-state index contributed by atoms with van der Waals surface area (Å²) in [6.07, 6.45) is -0.0701. The summed E-state index contributed by atoms with van der Waals surface area (Å²) in [6, 6.07) is -2.35. The minimum absolute atomic E-state index is 0.0701. The van der Waals surface area contributed by atoms with Gasteiger partial charge in [0.15, 0.2) is 5.82 Å². The quantitative estimate of drug-likeness (QED) is 0.411. The van der Waals surface area contributed by atoms with Gasteiger partial charge in [0.05, 0.1) is 6.04 Å². The van der Waals surface area contributed by atoms with Crippen LogP contribution in [0, 0.1) is 0 Å². The molecule has 100 valence electrons. The molecule has 1 aromatic heterocycles. The number of rotatable bonds is 6. The van der Waals surface area contributed by atoms with Gasteiger partial charge in [0, 0.05) is 13.0 Å². The highest BCUT2D eigenvalue weighted by atomic mass is 16.4. The highest BCUT2D eigenvalue weighted by molar-refractivity contribution is 5.82. The van der Waals surface area contributed by atoms with Crippen molar-refractivity contribution in [3.05, 3.63) is 5.82 Å². The highest BCUT2D eigenvalue weighted by Crippen LogP contribution is 2.02. The molecule has 2 atom stereocenters. The van der Waals surface area contributed by atoms with Gasteiger partial charge in [0.2, 0.25) is 0 Å². The highest BCUT2D eigenvalue weighted by Gasteiger charge is 2.21. The molecule has 0 aliphatic heterocycles. The van der Waals surface area contributed by atoms with Crippen molar-refractivity contribution >= 4 is 12.0 Å². The molecule has 5 N–H and O–H groups in total. The lowest BCUT2D eigenvalue weighted by atomic mass is 10.2. The maximum atomic E-state index is 11.5. The molecular formula is C8H14N6O4. The lowest BCUT2D eigenvalue weighted by molar-refractivity contribution is -0.139. The van der Waals surface area contributed by atoms with Gasteiger partial charge in [-0.05, 0) is 6.92 Å². The van der Waals surface area contributed by atoms with E-state index in [1.165, 1.54) is 0 Å². The third-order valence-corrected chi connectivity index (χ3v) is 2.12. The molecule has 1 aromatic rings. The van der Waals surface area contributed by atoms with Crippen molar-refractivity contribution in [1.29, 1.82) is 0 Å². The van der Waals surface area contributed by atoms with E-state index in [0.29, 0.717) is 0 Å². The number of aliphatic hydroxyl groups excluding tert-OH is 1. The summed E-state index contributed by atoms with van der Waals surface area (Å²) in [4.78, 5) is 22.2. The van der Waals surface area contributed by atoms with Crippen LogP contribution in [0.2, 0.25) is 0 Å². The van der Waals surface area contributed by atoms with Gasteiger partial charge >= 0.3 is 12.0 Å². The molecule has 1 rings (SSSR count). The maximum absolute atomic E-state index is 11.5. The van der Waals surface area contributed by atoms with Crippen molar-refractivity contribution in [2.45, 2.75) is 25.4 Å². The maximum Gasteiger partial charge on any atom is 0.326 e. The lowest BCUT2D eigenvalue weighted by Gasteiger charge is -2.15. The molecule has 0 spiro atoms. The first-order valence-electron chi connectivity index (χ1n) is 5.18. The third-order valence-electron chi connectivity index (χ3n) is 2.12. The predicted octanol–water partition coefficient (Wildman–Crippen LogP) is -1.60. The summed E-state index contributed by atoms with van der Waals surface area (Å²) in [5, 5.41) is 35.0. The van der Waals surface area contributed by atoms with Gasteiger partial charge in [-0.2, -0.15) is 5.21 Å². The minimum Gasteiger partial charge on any atom is -0.480 e. The zero-order chi connectivity index (χ0) is 13.5. The Labute approximate surface area is 102 Å². The van der Waals surface area contributed by atoms with Gasteiger partial charge in [-0.1, -0.05) is 5.21 Å². The van der Waals surface area contributed by atoms with Crippen LogP contribution in [0.3, 0.4) is 0 Å². The number of hydrogen-bond acceptors (Lipinski definition) is 6. The number of carbonyl (C=O) groups excluding carboxylic acids is 1. The number of urea groups is 1. The number of aromatic nitrogens is 4. The summed E-state index contributed by atoms with van der Waals surface area (Å²) in [5.74, 6) is -0.939. The Hall–Kier alpha value is -2.23. The fraction of sp³-hybridized carbons (Fsp3) is 0.625. The molecule has 10 heteroatoms. The second-order valence-electron chi connectivity index (χ2n) is 3.51. The number of H-pyrrole nitrogens is 1. The Kier molecular flexibility index (Phi) is 4.99. The average molecular weight is 258 g/mol. The second kappa shape index (κ2) is 6.49. The molecule has 10 nitrogen and oxygen atoms in total. The standard InChI is InChI=1S/C8H14N6O4/c1-4(6-11-13-14-12-6)9-8(18)10-5(2-3-15)7(16)17/h4-5,15H,2-3H2,1H3,(H,16,17)(H2,9,10,18)(H,11,12,13,14)/t4?,5-/m0/s1. The number of aromatic amines is 1. The van der Waals surface area contributed by atoms with Crippen LogP contribution in [-0.4, -0.2) is 55.5 Å². The number of carboxylic acids is 1. The van der Waals surface area contributed by atoms with Crippen molar-refractivity contribution in [2.75, 3.05) is 6.61 Å². The molecule has 1 unspecified atom stereocenters. The van der Waals surface area contributed by atoms with Crippen molar-refractivity contribution in [1.82, 2.24) is 31.3 Å². The van der Waals surface area contributed by atoms with E-state index < -0.39 is 24.1 Å². The van der Waals surface area contributed by atoms with E-state index in [-0.39, 0.29) is 18.9 Å². The van der Waals surface area contributed by atoms with Gasteiger partial charge in [0.1, 0.15) is 6.04 Å². The number of aliphatic hydroxyl groups is 1. The summed E-state index contributed by atoms with van der Waals surface area (Å²) < 4.78 is 0. The Bertz CT molecular complexity index is 394. The molecule has 0 aromatic carbocycles. The number of nitrogens with zero attached hydrogens (tertiary/aromatic N) is 3. The Morgan fingerprint density at radius 1 is 1.44 bits per heavy atom. The molecule has 0 aliphatic rings. The zero-order valence-corrected chi connectivity index (χ0v) is 9.62. The molecule has 2 amide bonds. The van der Waals surface area contributed by atoms with E-state index >= 15 is 0 Å². The summed E-state index contributed by atoms with van der Waals surface area (Å²) in [7, 11) is 0. The van der Waals surface area contributed by atoms with Gasteiger partial charge in [0.25, 0.3) is 0 Å². The molecule has 0 aliphatic carbocycles. The van der Waals surface area contributed by atoms with Crippen molar-refractivity contribution in [3.63, 3.8) is 0 Å². The fourth-order valence-electron chi connectivity index (χ4n) is 1.20. The molecular weight excluding hydrogens is 244 g/mol. The normalized spacial score (nSPS) is 13.7. The van der Waals surface area contributed by atoms with Crippen molar-refractivity contribution in [3.8, 4) is 0 Å². The van der Waals surface area contributed by atoms with E-state index in [0.717, 1.165) is 0 Å². The monoisotopic (exact) mass is 258 g/mol. The predicted molar refractivity (Wildman–Crippen MR) is 57.4 cm³/mol. The van der Waals surface area contributed by atoms with Crippen LogP contribution in [0.1, 0.15) is 25.2 Å². The van der Waals surface area contributed by atoms with E-state index in [9.17, 15) is 9.59 Å². The van der Waals surface area contributed by atoms with Gasteiger partial charge in [-0.15, -0.1) is 10.2 Å². The molecule has 0 radical (unpaired) electrons. The van der Waals surface area contributed by atoms with Crippen LogP contribution in [-0.2, 0) is 4.79 Å². The van der Waals surface area contributed by atoms with E-state index in [2.05, 4.69) is 31.3 Å².